The molecule has 108 valence electrons. The lowest BCUT2D eigenvalue weighted by atomic mass is 9.76. The molecule has 0 aliphatic carbocycles. The lowest BCUT2D eigenvalue weighted by molar-refractivity contribution is -0.146. The number of rotatable bonds is 4. The molecule has 0 spiro atoms. The molecule has 6 heteroatoms. The zero-order valence-corrected chi connectivity index (χ0v) is 11.0. The molecule has 0 aromatic heterocycles. The average Bonchev–Trinajstić information content (AvgIpc) is 2.75. The summed E-state index contributed by atoms with van der Waals surface area (Å²) in [6, 6.07) is 3.27. The summed E-state index contributed by atoms with van der Waals surface area (Å²) in [6.45, 7) is 2.25. The maximum Gasteiger partial charge on any atom is 0.307 e. The van der Waals surface area contributed by atoms with Crippen LogP contribution >= 0.6 is 0 Å². The number of ether oxygens (including phenoxy) is 1. The van der Waals surface area contributed by atoms with E-state index in [-0.39, 0.29) is 18.9 Å². The molecule has 0 bridgehead atoms. The minimum atomic E-state index is -1.18. The molecule has 1 heterocycles. The first kappa shape index (κ1) is 14.4. The van der Waals surface area contributed by atoms with E-state index in [0.29, 0.717) is 18.5 Å². The number of benzene rings is 1. The van der Waals surface area contributed by atoms with Gasteiger partial charge in [0.05, 0.1) is 18.4 Å². The van der Waals surface area contributed by atoms with E-state index in [4.69, 9.17) is 4.74 Å². The Kier molecular flexibility index (Phi) is 4.01. The summed E-state index contributed by atoms with van der Waals surface area (Å²) in [5, 5.41) is 2.63. The number of carbonyl (C=O) groups is 2. The summed E-state index contributed by atoms with van der Waals surface area (Å²) in [5.74, 6) is -2.92. The molecule has 1 amide bonds. The van der Waals surface area contributed by atoms with Gasteiger partial charge in [-0.25, -0.2) is 8.78 Å². The predicted octanol–water partition coefficient (Wildman–Crippen LogP) is 1.68. The Hall–Kier alpha value is -1.98. The Morgan fingerprint density at radius 2 is 2.15 bits per heavy atom. The first-order chi connectivity index (χ1) is 9.49. The van der Waals surface area contributed by atoms with Crippen molar-refractivity contribution in [3.63, 3.8) is 0 Å². The molecule has 0 saturated carbocycles. The SMILES string of the molecule is CCOC(=O)CC1(c2ccc(F)c(F)c2)CCNC1=O. The Morgan fingerprint density at radius 3 is 2.70 bits per heavy atom. The summed E-state index contributed by atoms with van der Waals surface area (Å²) in [4.78, 5) is 23.8. The molecule has 1 saturated heterocycles. The monoisotopic (exact) mass is 283 g/mol. The van der Waals surface area contributed by atoms with Crippen molar-refractivity contribution in [1.29, 1.82) is 0 Å². The zero-order chi connectivity index (χ0) is 14.8. The quantitative estimate of drug-likeness (QED) is 0.855. The van der Waals surface area contributed by atoms with Crippen LogP contribution in [-0.2, 0) is 19.7 Å². The highest BCUT2D eigenvalue weighted by molar-refractivity contribution is 5.94. The van der Waals surface area contributed by atoms with Gasteiger partial charge in [0.15, 0.2) is 11.6 Å². The summed E-state index contributed by atoms with van der Waals surface area (Å²) in [6.07, 6.45) is 0.160. The van der Waals surface area contributed by atoms with Crippen LogP contribution in [0.3, 0.4) is 0 Å². The smallest absolute Gasteiger partial charge is 0.307 e. The van der Waals surface area contributed by atoms with Crippen molar-refractivity contribution in [1.82, 2.24) is 5.32 Å². The summed E-state index contributed by atoms with van der Waals surface area (Å²) >= 11 is 0. The fourth-order valence-electron chi connectivity index (χ4n) is 2.47. The van der Waals surface area contributed by atoms with Crippen LogP contribution in [-0.4, -0.2) is 25.0 Å². The van der Waals surface area contributed by atoms with Gasteiger partial charge in [0, 0.05) is 6.54 Å². The van der Waals surface area contributed by atoms with Crippen molar-refractivity contribution in [2.24, 2.45) is 0 Å². The van der Waals surface area contributed by atoms with E-state index in [9.17, 15) is 18.4 Å². The van der Waals surface area contributed by atoms with Gasteiger partial charge in [-0.1, -0.05) is 6.07 Å². The van der Waals surface area contributed by atoms with E-state index in [1.54, 1.807) is 6.92 Å². The van der Waals surface area contributed by atoms with Crippen LogP contribution in [0.5, 0.6) is 0 Å². The third-order valence-electron chi connectivity index (χ3n) is 3.50. The minimum Gasteiger partial charge on any atom is -0.466 e. The molecule has 1 aliphatic heterocycles. The summed E-state index contributed by atoms with van der Waals surface area (Å²) in [7, 11) is 0. The lowest BCUT2D eigenvalue weighted by Crippen LogP contribution is -2.38. The van der Waals surface area contributed by atoms with Gasteiger partial charge in [-0.05, 0) is 31.0 Å². The zero-order valence-electron chi connectivity index (χ0n) is 11.0. The molecule has 1 N–H and O–H groups in total. The van der Waals surface area contributed by atoms with Crippen molar-refractivity contribution in [2.45, 2.75) is 25.2 Å². The number of carbonyl (C=O) groups excluding carboxylic acids is 2. The third-order valence-corrected chi connectivity index (χ3v) is 3.50. The first-order valence-electron chi connectivity index (χ1n) is 6.39. The summed E-state index contributed by atoms with van der Waals surface area (Å²) in [5.41, 5.74) is -0.889. The van der Waals surface area contributed by atoms with Gasteiger partial charge in [-0.2, -0.15) is 0 Å². The molecule has 1 atom stereocenters. The molecule has 1 unspecified atom stereocenters. The Morgan fingerprint density at radius 1 is 1.40 bits per heavy atom. The van der Waals surface area contributed by atoms with Crippen LogP contribution in [0.1, 0.15) is 25.3 Å². The normalized spacial score (nSPS) is 21.6. The fourth-order valence-corrected chi connectivity index (χ4v) is 2.47. The van der Waals surface area contributed by atoms with Gasteiger partial charge in [0.25, 0.3) is 0 Å². The number of nitrogens with one attached hydrogen (secondary N) is 1. The Bertz CT molecular complexity index is 547. The fraction of sp³-hybridized carbons (Fsp3) is 0.429. The molecular formula is C14H15F2NO3. The molecule has 20 heavy (non-hydrogen) atoms. The first-order valence-corrected chi connectivity index (χ1v) is 6.39. The van der Waals surface area contributed by atoms with Crippen molar-refractivity contribution >= 4 is 11.9 Å². The van der Waals surface area contributed by atoms with E-state index >= 15 is 0 Å². The van der Waals surface area contributed by atoms with E-state index in [0.717, 1.165) is 12.1 Å². The van der Waals surface area contributed by atoms with Crippen molar-refractivity contribution in [3.8, 4) is 0 Å². The third kappa shape index (κ3) is 2.50. The van der Waals surface area contributed by atoms with E-state index < -0.39 is 23.0 Å². The van der Waals surface area contributed by atoms with Crippen LogP contribution in [0, 0.1) is 11.6 Å². The molecule has 4 nitrogen and oxygen atoms in total. The largest absolute Gasteiger partial charge is 0.466 e. The van der Waals surface area contributed by atoms with Crippen LogP contribution < -0.4 is 5.32 Å². The van der Waals surface area contributed by atoms with Crippen LogP contribution in [0.15, 0.2) is 18.2 Å². The molecule has 1 aromatic carbocycles. The lowest BCUT2D eigenvalue weighted by Gasteiger charge is -2.25. The van der Waals surface area contributed by atoms with E-state index in [2.05, 4.69) is 5.32 Å². The Labute approximate surface area is 115 Å². The maximum atomic E-state index is 13.4. The molecule has 1 fully saturated rings. The molecule has 1 aliphatic rings. The van der Waals surface area contributed by atoms with Gasteiger partial charge >= 0.3 is 5.97 Å². The highest BCUT2D eigenvalue weighted by Gasteiger charge is 2.46. The number of hydrogen-bond donors (Lipinski definition) is 1. The molecular weight excluding hydrogens is 268 g/mol. The number of halogens is 2. The van der Waals surface area contributed by atoms with E-state index in [1.165, 1.54) is 6.07 Å². The number of amides is 1. The van der Waals surface area contributed by atoms with Gasteiger partial charge in [-0.3, -0.25) is 9.59 Å². The van der Waals surface area contributed by atoms with Crippen molar-refractivity contribution in [2.75, 3.05) is 13.2 Å². The summed E-state index contributed by atoms with van der Waals surface area (Å²) < 4.78 is 31.3. The predicted molar refractivity (Wildman–Crippen MR) is 66.9 cm³/mol. The van der Waals surface area contributed by atoms with E-state index in [1.807, 2.05) is 0 Å². The van der Waals surface area contributed by atoms with Crippen LogP contribution in [0.4, 0.5) is 8.78 Å². The van der Waals surface area contributed by atoms with Gasteiger partial charge in [0.1, 0.15) is 0 Å². The van der Waals surface area contributed by atoms with Gasteiger partial charge in [-0.15, -0.1) is 0 Å². The van der Waals surface area contributed by atoms with Crippen molar-refractivity contribution < 1.29 is 23.1 Å². The van der Waals surface area contributed by atoms with Crippen LogP contribution in [0.25, 0.3) is 0 Å². The van der Waals surface area contributed by atoms with Crippen LogP contribution in [0.2, 0.25) is 0 Å². The topological polar surface area (TPSA) is 55.4 Å². The number of esters is 1. The second-order valence-electron chi connectivity index (χ2n) is 4.70. The minimum absolute atomic E-state index is 0.183. The second kappa shape index (κ2) is 5.56. The highest BCUT2D eigenvalue weighted by Crippen LogP contribution is 2.36. The Balaban J connectivity index is 2.39. The molecule has 2 rings (SSSR count). The van der Waals surface area contributed by atoms with Gasteiger partial charge < -0.3 is 10.1 Å². The average molecular weight is 283 g/mol. The second-order valence-corrected chi connectivity index (χ2v) is 4.70. The number of hydrogen-bond acceptors (Lipinski definition) is 3. The standard InChI is InChI=1S/C14H15F2NO3/c1-2-20-12(18)8-14(5-6-17-13(14)19)9-3-4-10(15)11(16)7-9/h3-4,7H,2,5-6,8H2,1H3,(H,17,19). The highest BCUT2D eigenvalue weighted by atomic mass is 19.2. The molecule has 0 radical (unpaired) electrons. The van der Waals surface area contributed by atoms with Gasteiger partial charge in [0.2, 0.25) is 5.91 Å². The molecule has 1 aromatic rings. The maximum absolute atomic E-state index is 13.4. The van der Waals surface area contributed by atoms with Crippen molar-refractivity contribution in [3.05, 3.63) is 35.4 Å².